The first-order valence-electron chi connectivity index (χ1n) is 7.65. The molecule has 0 aliphatic carbocycles. The van der Waals surface area contributed by atoms with Gasteiger partial charge >= 0.3 is 0 Å². The van der Waals surface area contributed by atoms with Crippen LogP contribution in [0.2, 0.25) is 0 Å². The number of anilines is 1. The molecule has 0 spiro atoms. The van der Waals surface area contributed by atoms with Crippen LogP contribution in [0.3, 0.4) is 0 Å². The number of ketones is 1. The van der Waals surface area contributed by atoms with Crippen LogP contribution in [0.4, 0.5) is 5.69 Å². The van der Waals surface area contributed by atoms with E-state index < -0.39 is 23.7 Å². The second-order valence-electron chi connectivity index (χ2n) is 5.84. The van der Waals surface area contributed by atoms with Crippen molar-refractivity contribution in [2.75, 3.05) is 11.4 Å². The first-order valence-corrected chi connectivity index (χ1v) is 8.44. The minimum atomic E-state index is -1.98. The molecule has 1 aliphatic heterocycles. The van der Waals surface area contributed by atoms with E-state index >= 15 is 0 Å². The van der Waals surface area contributed by atoms with Crippen LogP contribution >= 0.6 is 15.9 Å². The van der Waals surface area contributed by atoms with Crippen LogP contribution in [0.25, 0.3) is 0 Å². The van der Waals surface area contributed by atoms with Crippen molar-refractivity contribution in [2.45, 2.75) is 12.0 Å². The Hall–Kier alpha value is -2.44. The zero-order valence-electron chi connectivity index (χ0n) is 13.3. The standard InChI is InChI=1S/C19H16BrNO4/c1-2-9-21-15-8-7-12(20)10-14(15)19(25,18(21)24)11-17(23)13-5-3-4-6-16(13)22/h2-8,10,22,25H,1,9,11H2/t19-/m1/s1. The fourth-order valence-electron chi connectivity index (χ4n) is 3.04. The molecule has 1 amide bonds. The summed E-state index contributed by atoms with van der Waals surface area (Å²) in [5, 5.41) is 21.0. The molecule has 0 aromatic heterocycles. The average Bonchev–Trinajstić information content (AvgIpc) is 2.77. The Morgan fingerprint density at radius 2 is 2.00 bits per heavy atom. The number of fused-ring (bicyclic) bond motifs is 1. The highest BCUT2D eigenvalue weighted by atomic mass is 79.9. The number of hydrogen-bond acceptors (Lipinski definition) is 4. The van der Waals surface area contributed by atoms with Gasteiger partial charge in [0.05, 0.1) is 17.7 Å². The van der Waals surface area contributed by atoms with Gasteiger partial charge in [-0.25, -0.2) is 0 Å². The van der Waals surface area contributed by atoms with Crippen molar-refractivity contribution in [2.24, 2.45) is 0 Å². The lowest BCUT2D eigenvalue weighted by atomic mass is 9.88. The molecule has 0 saturated heterocycles. The fraction of sp³-hybridized carbons (Fsp3) is 0.158. The largest absolute Gasteiger partial charge is 0.507 e. The van der Waals surface area contributed by atoms with Crippen LogP contribution in [-0.4, -0.2) is 28.4 Å². The third kappa shape index (κ3) is 2.88. The predicted octanol–water partition coefficient (Wildman–Crippen LogP) is 3.15. The smallest absolute Gasteiger partial charge is 0.264 e. The van der Waals surface area contributed by atoms with E-state index in [1.165, 1.54) is 17.0 Å². The fourth-order valence-corrected chi connectivity index (χ4v) is 3.40. The van der Waals surface area contributed by atoms with Gasteiger partial charge in [-0.3, -0.25) is 9.59 Å². The topological polar surface area (TPSA) is 77.8 Å². The molecule has 2 aromatic rings. The van der Waals surface area contributed by atoms with Crippen molar-refractivity contribution in [3.63, 3.8) is 0 Å². The lowest BCUT2D eigenvalue weighted by Gasteiger charge is -2.22. The Kier molecular flexibility index (Phi) is 4.49. The number of carbonyl (C=O) groups excluding carboxylic acids is 2. The number of carbonyl (C=O) groups is 2. The normalized spacial score (nSPS) is 19.0. The van der Waals surface area contributed by atoms with Crippen molar-refractivity contribution < 1.29 is 19.8 Å². The summed E-state index contributed by atoms with van der Waals surface area (Å²) in [7, 11) is 0. The number of Topliss-reactive ketones (excluding diaryl/α,β-unsaturated/α-hetero) is 1. The van der Waals surface area contributed by atoms with Gasteiger partial charge in [0.15, 0.2) is 11.4 Å². The van der Waals surface area contributed by atoms with E-state index in [-0.39, 0.29) is 17.9 Å². The number of phenolic OH excluding ortho intramolecular Hbond substituents is 1. The van der Waals surface area contributed by atoms with Gasteiger partial charge in [0.1, 0.15) is 5.75 Å². The summed E-state index contributed by atoms with van der Waals surface area (Å²) in [5.74, 6) is -1.27. The highest BCUT2D eigenvalue weighted by molar-refractivity contribution is 9.10. The zero-order chi connectivity index (χ0) is 18.2. The zero-order valence-corrected chi connectivity index (χ0v) is 14.9. The first kappa shape index (κ1) is 17.4. The van der Waals surface area contributed by atoms with E-state index in [9.17, 15) is 19.8 Å². The summed E-state index contributed by atoms with van der Waals surface area (Å²) in [6.45, 7) is 3.85. The molecule has 5 nitrogen and oxygen atoms in total. The summed E-state index contributed by atoms with van der Waals surface area (Å²) in [6.07, 6.45) is 1.10. The Labute approximate surface area is 153 Å². The highest BCUT2D eigenvalue weighted by Gasteiger charge is 2.50. The van der Waals surface area contributed by atoms with Crippen LogP contribution in [-0.2, 0) is 10.4 Å². The lowest BCUT2D eigenvalue weighted by molar-refractivity contribution is -0.135. The average molecular weight is 402 g/mol. The number of para-hydroxylation sites is 1. The Balaban J connectivity index is 2.04. The SMILES string of the molecule is C=CCN1C(=O)[C@@](O)(CC(=O)c2ccccc2O)c2cc(Br)ccc21. The molecule has 1 atom stereocenters. The molecule has 1 heterocycles. The molecule has 2 N–H and O–H groups in total. The molecule has 3 rings (SSSR count). The number of benzene rings is 2. The number of hydrogen-bond donors (Lipinski definition) is 2. The molecule has 128 valence electrons. The van der Waals surface area contributed by atoms with Gasteiger partial charge in [-0.15, -0.1) is 6.58 Å². The maximum atomic E-state index is 12.8. The van der Waals surface area contributed by atoms with Crippen molar-refractivity contribution in [1.29, 1.82) is 0 Å². The second kappa shape index (κ2) is 6.46. The number of halogens is 1. The van der Waals surface area contributed by atoms with Gasteiger partial charge in [0.2, 0.25) is 0 Å². The monoisotopic (exact) mass is 401 g/mol. The molecule has 2 aromatic carbocycles. The number of phenols is 1. The molecular formula is C19H16BrNO4. The quantitative estimate of drug-likeness (QED) is 0.595. The third-order valence-electron chi connectivity index (χ3n) is 4.23. The maximum absolute atomic E-state index is 12.8. The molecule has 1 aliphatic rings. The van der Waals surface area contributed by atoms with Crippen molar-refractivity contribution in [3.8, 4) is 5.75 Å². The Morgan fingerprint density at radius 1 is 1.28 bits per heavy atom. The van der Waals surface area contributed by atoms with Gasteiger partial charge in [-0.05, 0) is 30.3 Å². The number of aromatic hydroxyl groups is 1. The Morgan fingerprint density at radius 3 is 2.68 bits per heavy atom. The molecule has 6 heteroatoms. The van der Waals surface area contributed by atoms with E-state index in [4.69, 9.17) is 0 Å². The van der Waals surface area contributed by atoms with Crippen molar-refractivity contribution in [1.82, 2.24) is 0 Å². The van der Waals surface area contributed by atoms with Crippen molar-refractivity contribution in [3.05, 3.63) is 70.7 Å². The Bertz CT molecular complexity index is 879. The van der Waals surface area contributed by atoms with Crippen LogP contribution in [0.15, 0.2) is 59.6 Å². The van der Waals surface area contributed by atoms with Crippen molar-refractivity contribution >= 4 is 33.3 Å². The highest BCUT2D eigenvalue weighted by Crippen LogP contribution is 2.44. The van der Waals surface area contributed by atoms with Crippen LogP contribution in [0.1, 0.15) is 22.3 Å². The van der Waals surface area contributed by atoms with Gasteiger partial charge in [0.25, 0.3) is 5.91 Å². The van der Waals surface area contributed by atoms with Crippen LogP contribution in [0.5, 0.6) is 5.75 Å². The summed E-state index contributed by atoms with van der Waals surface area (Å²) in [6, 6.07) is 11.2. The predicted molar refractivity (Wildman–Crippen MR) is 97.6 cm³/mol. The molecule has 25 heavy (non-hydrogen) atoms. The van der Waals surface area contributed by atoms with Gasteiger partial charge in [-0.1, -0.05) is 34.1 Å². The lowest BCUT2D eigenvalue weighted by Crippen LogP contribution is -2.41. The molecule has 0 saturated carbocycles. The summed E-state index contributed by atoms with van der Waals surface area (Å²) in [4.78, 5) is 26.8. The molecular weight excluding hydrogens is 386 g/mol. The van der Waals surface area contributed by atoms with Gasteiger partial charge in [0, 0.05) is 16.6 Å². The molecule has 0 bridgehead atoms. The number of aliphatic hydroxyl groups is 1. The maximum Gasteiger partial charge on any atom is 0.264 e. The number of amides is 1. The summed E-state index contributed by atoms with van der Waals surface area (Å²) in [5.41, 5.74) is -1.01. The second-order valence-corrected chi connectivity index (χ2v) is 6.76. The minimum Gasteiger partial charge on any atom is -0.507 e. The number of nitrogens with zero attached hydrogens (tertiary/aromatic N) is 1. The molecule has 0 radical (unpaired) electrons. The minimum absolute atomic E-state index is 0.0717. The van der Waals surface area contributed by atoms with E-state index in [0.29, 0.717) is 15.7 Å². The van der Waals surface area contributed by atoms with E-state index in [2.05, 4.69) is 22.5 Å². The summed E-state index contributed by atoms with van der Waals surface area (Å²) >= 11 is 3.33. The number of rotatable bonds is 5. The van der Waals surface area contributed by atoms with Gasteiger partial charge in [-0.2, -0.15) is 0 Å². The van der Waals surface area contributed by atoms with Crippen LogP contribution in [0, 0.1) is 0 Å². The molecule has 0 fully saturated rings. The van der Waals surface area contributed by atoms with Gasteiger partial charge < -0.3 is 15.1 Å². The first-order chi connectivity index (χ1) is 11.9. The third-order valence-corrected chi connectivity index (χ3v) is 4.72. The van der Waals surface area contributed by atoms with E-state index in [0.717, 1.165) is 0 Å². The van der Waals surface area contributed by atoms with Crippen LogP contribution < -0.4 is 4.90 Å². The molecule has 0 unspecified atom stereocenters. The van der Waals surface area contributed by atoms with E-state index in [1.807, 2.05) is 0 Å². The summed E-state index contributed by atoms with van der Waals surface area (Å²) < 4.78 is 0.688. The van der Waals surface area contributed by atoms with E-state index in [1.54, 1.807) is 36.4 Å².